The van der Waals surface area contributed by atoms with E-state index in [0.717, 1.165) is 66.7 Å². The quantitative estimate of drug-likeness (QED) is 0.214. The van der Waals surface area contributed by atoms with Gasteiger partial charge in [0.05, 0.1) is 22.4 Å². The van der Waals surface area contributed by atoms with Gasteiger partial charge in [0.2, 0.25) is 0 Å². The molecule has 1 unspecified atom stereocenters. The molecular formula is C44H29N3O. The van der Waals surface area contributed by atoms with Gasteiger partial charge in [-0.15, -0.1) is 0 Å². The first-order valence-electron chi connectivity index (χ1n) is 16.3. The Labute approximate surface area is 277 Å². The fourth-order valence-corrected chi connectivity index (χ4v) is 7.37. The lowest BCUT2D eigenvalue weighted by molar-refractivity contribution is 0.664. The number of hydrogen-bond acceptors (Lipinski definition) is 3. The van der Waals surface area contributed by atoms with E-state index in [4.69, 9.17) is 9.41 Å². The van der Waals surface area contributed by atoms with Crippen LogP contribution in [0.5, 0.6) is 0 Å². The van der Waals surface area contributed by atoms with Crippen LogP contribution in [-0.4, -0.2) is 10.3 Å². The molecule has 4 nitrogen and oxygen atoms in total. The molecule has 0 saturated heterocycles. The number of furan rings is 1. The molecule has 1 atom stereocenters. The van der Waals surface area contributed by atoms with Crippen molar-refractivity contribution in [1.29, 1.82) is 0 Å². The number of aliphatic imine (C=N–C) groups is 1. The van der Waals surface area contributed by atoms with E-state index < -0.39 is 0 Å². The predicted octanol–water partition coefficient (Wildman–Crippen LogP) is 11.3. The molecule has 48 heavy (non-hydrogen) atoms. The highest BCUT2D eigenvalue weighted by Crippen LogP contribution is 2.40. The summed E-state index contributed by atoms with van der Waals surface area (Å²) in [7, 11) is 0. The van der Waals surface area contributed by atoms with E-state index in [9.17, 15) is 0 Å². The van der Waals surface area contributed by atoms with Crippen molar-refractivity contribution in [3.05, 3.63) is 180 Å². The zero-order valence-electron chi connectivity index (χ0n) is 26.0. The van der Waals surface area contributed by atoms with Gasteiger partial charge in [0.1, 0.15) is 11.7 Å². The highest BCUT2D eigenvalue weighted by molar-refractivity contribution is 6.17. The predicted molar refractivity (Wildman–Crippen MR) is 198 cm³/mol. The maximum Gasteiger partial charge on any atom is 0.159 e. The first-order chi connectivity index (χ1) is 23.8. The summed E-state index contributed by atoms with van der Waals surface area (Å²) in [6.07, 6.45) is -0.247. The van der Waals surface area contributed by atoms with E-state index in [1.54, 1.807) is 0 Å². The molecular weight excluding hydrogens is 587 g/mol. The molecule has 0 saturated carbocycles. The Morgan fingerprint density at radius 1 is 0.521 bits per heavy atom. The number of para-hydroxylation sites is 3. The second-order valence-corrected chi connectivity index (χ2v) is 12.4. The molecule has 226 valence electrons. The van der Waals surface area contributed by atoms with Crippen LogP contribution in [0.15, 0.2) is 173 Å². The number of aromatic nitrogens is 1. The Kier molecular flexibility index (Phi) is 5.90. The fraction of sp³-hybridized carbons (Fsp3) is 0.0227. The van der Waals surface area contributed by atoms with Gasteiger partial charge in [-0.25, -0.2) is 0 Å². The van der Waals surface area contributed by atoms with Gasteiger partial charge in [-0.3, -0.25) is 4.99 Å². The minimum absolute atomic E-state index is 0.247. The van der Waals surface area contributed by atoms with Gasteiger partial charge in [0.25, 0.3) is 0 Å². The van der Waals surface area contributed by atoms with Gasteiger partial charge in [0.15, 0.2) is 5.58 Å². The summed E-state index contributed by atoms with van der Waals surface area (Å²) in [6, 6.07) is 57.8. The lowest BCUT2D eigenvalue weighted by Crippen LogP contribution is -2.20. The zero-order chi connectivity index (χ0) is 31.6. The maximum absolute atomic E-state index is 6.81. The zero-order valence-corrected chi connectivity index (χ0v) is 26.0. The summed E-state index contributed by atoms with van der Waals surface area (Å²) in [5, 5.41) is 8.29. The number of nitrogens with one attached hydrogen (secondary N) is 1. The topological polar surface area (TPSA) is 42.5 Å². The number of hydrogen-bond donors (Lipinski definition) is 1. The number of anilines is 1. The molecule has 2 aromatic heterocycles. The summed E-state index contributed by atoms with van der Waals surface area (Å²) in [5.41, 5.74) is 12.8. The van der Waals surface area contributed by atoms with Crippen LogP contribution in [0.25, 0.3) is 60.6 Å². The Hall–Kier alpha value is -6.39. The van der Waals surface area contributed by atoms with E-state index in [2.05, 4.69) is 168 Å². The first kappa shape index (κ1) is 26.8. The highest BCUT2D eigenvalue weighted by Gasteiger charge is 2.24. The van der Waals surface area contributed by atoms with Crippen molar-refractivity contribution in [2.75, 3.05) is 5.32 Å². The second kappa shape index (κ2) is 10.6. The second-order valence-electron chi connectivity index (χ2n) is 12.4. The van der Waals surface area contributed by atoms with E-state index in [1.165, 1.54) is 21.9 Å². The van der Waals surface area contributed by atoms with Crippen molar-refractivity contribution in [2.45, 2.75) is 6.17 Å². The number of nitrogens with zero attached hydrogens (tertiary/aromatic N) is 2. The SMILES string of the molecule is c1ccc(C2=NC(c3ccc4c(c3)oc3c(-n5c6ccccc6c6cc(-c7ccccc7)ccc65)cccc34)Nc3ccccc32)cc1. The number of rotatable bonds is 4. The van der Waals surface area contributed by atoms with Gasteiger partial charge in [-0.05, 0) is 47.5 Å². The van der Waals surface area contributed by atoms with Gasteiger partial charge in [-0.1, -0.05) is 127 Å². The third-order valence-electron chi connectivity index (χ3n) is 9.62. The largest absolute Gasteiger partial charge is 0.454 e. The average molecular weight is 616 g/mol. The summed E-state index contributed by atoms with van der Waals surface area (Å²) in [5.74, 6) is 0. The van der Waals surface area contributed by atoms with E-state index in [0.29, 0.717) is 0 Å². The van der Waals surface area contributed by atoms with Gasteiger partial charge >= 0.3 is 0 Å². The molecule has 1 aliphatic rings. The molecule has 7 aromatic carbocycles. The molecule has 1 N–H and O–H groups in total. The van der Waals surface area contributed by atoms with E-state index in [-0.39, 0.29) is 6.17 Å². The van der Waals surface area contributed by atoms with Crippen LogP contribution >= 0.6 is 0 Å². The Morgan fingerprint density at radius 3 is 2.12 bits per heavy atom. The molecule has 0 bridgehead atoms. The minimum Gasteiger partial charge on any atom is -0.454 e. The van der Waals surface area contributed by atoms with Gasteiger partial charge in [0, 0.05) is 43.9 Å². The molecule has 9 aromatic rings. The lowest BCUT2D eigenvalue weighted by atomic mass is 9.97. The molecule has 0 amide bonds. The fourth-order valence-electron chi connectivity index (χ4n) is 7.37. The number of fused-ring (bicyclic) bond motifs is 7. The van der Waals surface area contributed by atoms with Crippen molar-refractivity contribution >= 4 is 55.1 Å². The van der Waals surface area contributed by atoms with Crippen LogP contribution < -0.4 is 5.32 Å². The average Bonchev–Trinajstić information content (AvgIpc) is 3.70. The maximum atomic E-state index is 6.81. The molecule has 0 aliphatic carbocycles. The molecule has 3 heterocycles. The van der Waals surface area contributed by atoms with Crippen molar-refractivity contribution < 1.29 is 4.42 Å². The summed E-state index contributed by atoms with van der Waals surface area (Å²) in [4.78, 5) is 5.24. The Morgan fingerprint density at radius 2 is 1.25 bits per heavy atom. The van der Waals surface area contributed by atoms with Crippen LogP contribution in [0.2, 0.25) is 0 Å². The molecule has 1 aliphatic heterocycles. The van der Waals surface area contributed by atoms with E-state index >= 15 is 0 Å². The highest BCUT2D eigenvalue weighted by atomic mass is 16.3. The molecule has 0 radical (unpaired) electrons. The van der Waals surface area contributed by atoms with Crippen LogP contribution in [0.4, 0.5) is 5.69 Å². The Balaban J connectivity index is 1.13. The number of benzene rings is 7. The molecule has 10 rings (SSSR count). The van der Waals surface area contributed by atoms with Gasteiger partial charge < -0.3 is 14.3 Å². The standard InChI is InChI=1S/C44H29N3O/c1-3-12-28(13-4-1)30-23-25-39-36(26-30)32-16-8-10-20-38(32)47(39)40-21-11-18-34-33-24-22-31(27-41(33)48-43(34)40)44-45-37-19-9-7-17-35(37)42(46-44)29-14-5-2-6-15-29/h1-27,44-45H. The van der Waals surface area contributed by atoms with Crippen molar-refractivity contribution in [2.24, 2.45) is 4.99 Å². The van der Waals surface area contributed by atoms with Crippen molar-refractivity contribution in [3.63, 3.8) is 0 Å². The molecule has 0 spiro atoms. The summed E-state index contributed by atoms with van der Waals surface area (Å²) < 4.78 is 9.16. The third kappa shape index (κ3) is 4.13. The van der Waals surface area contributed by atoms with Crippen molar-refractivity contribution in [1.82, 2.24) is 4.57 Å². The smallest absolute Gasteiger partial charge is 0.159 e. The van der Waals surface area contributed by atoms with Crippen molar-refractivity contribution in [3.8, 4) is 16.8 Å². The minimum atomic E-state index is -0.247. The normalized spacial score (nSPS) is 14.3. The van der Waals surface area contributed by atoms with E-state index in [1.807, 2.05) is 6.07 Å². The summed E-state index contributed by atoms with van der Waals surface area (Å²) >= 11 is 0. The summed E-state index contributed by atoms with van der Waals surface area (Å²) in [6.45, 7) is 0. The molecule has 0 fully saturated rings. The third-order valence-corrected chi connectivity index (χ3v) is 9.62. The van der Waals surface area contributed by atoms with Gasteiger partial charge in [-0.2, -0.15) is 0 Å². The van der Waals surface area contributed by atoms with Crippen LogP contribution in [-0.2, 0) is 0 Å². The van der Waals surface area contributed by atoms with Crippen LogP contribution in [0.1, 0.15) is 22.9 Å². The lowest BCUT2D eigenvalue weighted by Gasteiger charge is -2.26. The molecule has 4 heteroatoms. The monoisotopic (exact) mass is 615 g/mol. The van der Waals surface area contributed by atoms with Crippen LogP contribution in [0.3, 0.4) is 0 Å². The van der Waals surface area contributed by atoms with Crippen LogP contribution in [0, 0.1) is 0 Å². The Bertz CT molecular complexity index is 2700. The first-order valence-corrected chi connectivity index (χ1v) is 16.3.